The first-order chi connectivity index (χ1) is 11.2. The molecular weight excluding hydrogens is 306 g/mol. The minimum Gasteiger partial charge on any atom is -0.348 e. The number of nitrogens with zero attached hydrogens (tertiary/aromatic N) is 3. The maximum atomic E-state index is 12.9. The van der Waals surface area contributed by atoms with E-state index in [4.69, 9.17) is 0 Å². The number of thiazole rings is 1. The van der Waals surface area contributed by atoms with Crippen molar-refractivity contribution in [2.24, 2.45) is 5.92 Å². The lowest BCUT2D eigenvalue weighted by molar-refractivity contribution is -0.122. The van der Waals surface area contributed by atoms with E-state index in [1.165, 1.54) is 10.4 Å². The molecule has 4 nitrogen and oxygen atoms in total. The number of benzene rings is 1. The third-order valence-corrected chi connectivity index (χ3v) is 5.85. The second-order valence-electron chi connectivity index (χ2n) is 6.38. The highest BCUT2D eigenvalue weighted by Gasteiger charge is 2.32. The van der Waals surface area contributed by atoms with E-state index in [0.717, 1.165) is 49.7 Å². The van der Waals surface area contributed by atoms with Crippen LogP contribution in [0.4, 0.5) is 10.8 Å². The van der Waals surface area contributed by atoms with Gasteiger partial charge in [0.1, 0.15) is 0 Å². The Balaban J connectivity index is 1.42. The zero-order chi connectivity index (χ0) is 15.8. The molecular formula is C18H21N3OS. The minimum atomic E-state index is 0.151. The van der Waals surface area contributed by atoms with E-state index >= 15 is 0 Å². The molecule has 1 fully saturated rings. The zero-order valence-corrected chi connectivity index (χ0v) is 14.2. The van der Waals surface area contributed by atoms with Gasteiger partial charge >= 0.3 is 0 Å². The van der Waals surface area contributed by atoms with Crippen LogP contribution in [0.25, 0.3) is 0 Å². The zero-order valence-electron chi connectivity index (χ0n) is 13.4. The van der Waals surface area contributed by atoms with Crippen molar-refractivity contribution in [3.63, 3.8) is 0 Å². The smallest absolute Gasteiger partial charge is 0.230 e. The molecule has 0 unspecified atom stereocenters. The lowest BCUT2D eigenvalue weighted by Crippen LogP contribution is -2.42. The maximum Gasteiger partial charge on any atom is 0.230 e. The second kappa shape index (κ2) is 5.96. The van der Waals surface area contributed by atoms with Crippen molar-refractivity contribution in [3.8, 4) is 0 Å². The fourth-order valence-electron chi connectivity index (χ4n) is 3.59. The molecule has 5 heteroatoms. The molecule has 0 bridgehead atoms. The molecule has 0 saturated carbocycles. The summed E-state index contributed by atoms with van der Waals surface area (Å²) >= 11 is 1.74. The van der Waals surface area contributed by atoms with Crippen LogP contribution in [0.2, 0.25) is 0 Å². The third kappa shape index (κ3) is 2.74. The molecule has 0 spiro atoms. The summed E-state index contributed by atoms with van der Waals surface area (Å²) in [5.41, 5.74) is 2.42. The molecule has 0 radical (unpaired) electrons. The molecule has 120 valence electrons. The van der Waals surface area contributed by atoms with Crippen LogP contribution in [0.15, 0.2) is 30.5 Å². The molecule has 23 heavy (non-hydrogen) atoms. The molecule has 2 aromatic rings. The molecule has 4 rings (SSSR count). The molecule has 1 aromatic heterocycles. The van der Waals surface area contributed by atoms with Gasteiger partial charge in [-0.3, -0.25) is 4.79 Å². The number of aromatic nitrogens is 1. The third-order valence-electron chi connectivity index (χ3n) is 4.88. The van der Waals surface area contributed by atoms with Crippen LogP contribution >= 0.6 is 11.3 Å². The van der Waals surface area contributed by atoms with Crippen molar-refractivity contribution in [1.29, 1.82) is 0 Å². The molecule has 0 N–H and O–H groups in total. The van der Waals surface area contributed by atoms with E-state index in [1.54, 1.807) is 11.3 Å². The minimum absolute atomic E-state index is 0.151. The Morgan fingerprint density at radius 3 is 2.74 bits per heavy atom. The van der Waals surface area contributed by atoms with Crippen LogP contribution in [0.1, 0.15) is 23.3 Å². The van der Waals surface area contributed by atoms with Crippen LogP contribution in [0, 0.1) is 12.8 Å². The fourth-order valence-corrected chi connectivity index (χ4v) is 4.40. The first kappa shape index (κ1) is 14.7. The number of aryl methyl sites for hydroxylation is 1. The number of rotatable bonds is 2. The van der Waals surface area contributed by atoms with Gasteiger partial charge in [-0.15, -0.1) is 11.3 Å². The van der Waals surface area contributed by atoms with E-state index in [0.29, 0.717) is 5.91 Å². The largest absolute Gasteiger partial charge is 0.348 e. The van der Waals surface area contributed by atoms with Crippen LogP contribution < -0.4 is 9.80 Å². The summed E-state index contributed by atoms with van der Waals surface area (Å²) in [7, 11) is 0. The highest BCUT2D eigenvalue weighted by Crippen LogP contribution is 2.32. The molecule has 0 atom stereocenters. The van der Waals surface area contributed by atoms with Gasteiger partial charge in [-0.05, 0) is 37.8 Å². The monoisotopic (exact) mass is 327 g/mol. The summed E-state index contributed by atoms with van der Waals surface area (Å²) < 4.78 is 0. The predicted octanol–water partition coefficient (Wildman–Crippen LogP) is 3.26. The van der Waals surface area contributed by atoms with Crippen molar-refractivity contribution in [1.82, 2.24) is 4.98 Å². The van der Waals surface area contributed by atoms with Crippen LogP contribution in [0.5, 0.6) is 0 Å². The Bertz CT molecular complexity index is 719. The van der Waals surface area contributed by atoms with Gasteiger partial charge in [0.2, 0.25) is 5.91 Å². The number of fused-ring (bicyclic) bond motifs is 1. The van der Waals surface area contributed by atoms with Crippen molar-refractivity contribution in [2.75, 3.05) is 29.4 Å². The molecule has 2 aliphatic heterocycles. The lowest BCUT2D eigenvalue weighted by atomic mass is 9.95. The van der Waals surface area contributed by atoms with E-state index in [2.05, 4.69) is 35.0 Å². The standard InChI is InChI=1S/C18H21N3OS/c1-13-12-19-18(23-13)20-9-6-15(7-10-20)17(22)21-11-8-14-4-2-3-5-16(14)21/h2-5,12,15H,6-11H2,1H3. The second-order valence-corrected chi connectivity index (χ2v) is 7.60. The van der Waals surface area contributed by atoms with Gasteiger partial charge in [-0.25, -0.2) is 4.98 Å². The lowest BCUT2D eigenvalue weighted by Gasteiger charge is -2.33. The SMILES string of the molecule is Cc1cnc(N2CCC(C(=O)N3CCc4ccccc43)CC2)s1. The fraction of sp³-hybridized carbons (Fsp3) is 0.444. The predicted molar refractivity (Wildman–Crippen MR) is 94.3 cm³/mol. The van der Waals surface area contributed by atoms with Crippen molar-refractivity contribution < 1.29 is 4.79 Å². The van der Waals surface area contributed by atoms with E-state index in [1.807, 2.05) is 17.2 Å². The van der Waals surface area contributed by atoms with Gasteiger partial charge in [-0.2, -0.15) is 0 Å². The molecule has 0 aliphatic carbocycles. The Hall–Kier alpha value is -1.88. The van der Waals surface area contributed by atoms with Gasteiger partial charge in [-0.1, -0.05) is 18.2 Å². The summed E-state index contributed by atoms with van der Waals surface area (Å²) in [6, 6.07) is 8.29. The molecule has 3 heterocycles. The average molecular weight is 327 g/mol. The highest BCUT2D eigenvalue weighted by molar-refractivity contribution is 7.15. The number of para-hydroxylation sites is 1. The summed E-state index contributed by atoms with van der Waals surface area (Å²) in [6.07, 6.45) is 4.77. The Morgan fingerprint density at radius 2 is 2.00 bits per heavy atom. The number of hydrogen-bond acceptors (Lipinski definition) is 4. The van der Waals surface area contributed by atoms with E-state index in [9.17, 15) is 4.79 Å². The average Bonchev–Trinajstić information content (AvgIpc) is 3.21. The molecule has 1 saturated heterocycles. The number of carbonyl (C=O) groups excluding carboxylic acids is 1. The summed E-state index contributed by atoms with van der Waals surface area (Å²) in [4.78, 5) is 22.9. The van der Waals surface area contributed by atoms with Crippen molar-refractivity contribution in [2.45, 2.75) is 26.2 Å². The Kier molecular flexibility index (Phi) is 3.81. The normalized spacial score (nSPS) is 18.3. The van der Waals surface area contributed by atoms with Gasteiger partial charge in [0.25, 0.3) is 0 Å². The first-order valence-corrected chi connectivity index (χ1v) is 9.10. The summed E-state index contributed by atoms with van der Waals surface area (Å²) in [6.45, 7) is 4.78. The summed E-state index contributed by atoms with van der Waals surface area (Å²) in [5.74, 6) is 0.461. The van der Waals surface area contributed by atoms with Crippen molar-refractivity contribution >= 4 is 28.1 Å². The highest BCUT2D eigenvalue weighted by atomic mass is 32.1. The van der Waals surface area contributed by atoms with Gasteiger partial charge < -0.3 is 9.80 Å². The van der Waals surface area contributed by atoms with Gasteiger partial charge in [0.05, 0.1) is 0 Å². The van der Waals surface area contributed by atoms with Gasteiger partial charge in [0.15, 0.2) is 5.13 Å². The number of carbonyl (C=O) groups is 1. The maximum absolute atomic E-state index is 12.9. The Morgan fingerprint density at radius 1 is 1.22 bits per heavy atom. The number of amides is 1. The van der Waals surface area contributed by atoms with E-state index in [-0.39, 0.29) is 5.92 Å². The van der Waals surface area contributed by atoms with Crippen LogP contribution in [-0.2, 0) is 11.2 Å². The van der Waals surface area contributed by atoms with Gasteiger partial charge in [0, 0.05) is 42.3 Å². The quantitative estimate of drug-likeness (QED) is 0.849. The molecule has 2 aliphatic rings. The number of piperidine rings is 1. The summed E-state index contributed by atoms with van der Waals surface area (Å²) in [5, 5.41) is 1.10. The van der Waals surface area contributed by atoms with Crippen molar-refractivity contribution in [3.05, 3.63) is 40.9 Å². The topological polar surface area (TPSA) is 36.4 Å². The number of hydrogen-bond donors (Lipinski definition) is 0. The first-order valence-electron chi connectivity index (χ1n) is 8.29. The van der Waals surface area contributed by atoms with Crippen LogP contribution in [-0.4, -0.2) is 30.5 Å². The Labute approximate surface area is 140 Å². The number of anilines is 2. The molecule has 1 aromatic carbocycles. The molecule has 1 amide bonds. The van der Waals surface area contributed by atoms with Crippen LogP contribution in [0.3, 0.4) is 0 Å². The van der Waals surface area contributed by atoms with E-state index < -0.39 is 0 Å².